The Balaban J connectivity index is 2.69. The highest BCUT2D eigenvalue weighted by Gasteiger charge is 2.27. The van der Waals surface area contributed by atoms with Gasteiger partial charge in [-0.1, -0.05) is 0 Å². The summed E-state index contributed by atoms with van der Waals surface area (Å²) in [6, 6.07) is 2.31. The first kappa shape index (κ1) is 9.98. The number of rotatable bonds is 3. The molecule has 0 radical (unpaired) electrons. The number of halogens is 3. The van der Waals surface area contributed by atoms with Crippen LogP contribution < -0.4 is 5.73 Å². The van der Waals surface area contributed by atoms with E-state index < -0.39 is 24.7 Å². The number of hydrogen-bond acceptors (Lipinski definition) is 2. The molecule has 1 rings (SSSR count). The second-order valence-corrected chi connectivity index (χ2v) is 2.70. The van der Waals surface area contributed by atoms with Gasteiger partial charge in [0.15, 0.2) is 0 Å². The van der Waals surface area contributed by atoms with E-state index in [1.807, 2.05) is 0 Å². The molecule has 0 aliphatic carbocycles. The van der Waals surface area contributed by atoms with Crippen molar-refractivity contribution in [1.29, 1.82) is 0 Å². The van der Waals surface area contributed by atoms with E-state index in [0.717, 1.165) is 12.3 Å². The molecule has 2 N–H and O–H groups in total. The first-order valence-electron chi connectivity index (χ1n) is 3.72. The van der Waals surface area contributed by atoms with Gasteiger partial charge in [0.1, 0.15) is 5.82 Å². The van der Waals surface area contributed by atoms with Crippen LogP contribution in [0.5, 0.6) is 0 Å². The Kier molecular flexibility index (Phi) is 2.87. The minimum absolute atomic E-state index is 0.136. The van der Waals surface area contributed by atoms with Gasteiger partial charge in [0, 0.05) is 5.69 Å². The number of pyridine rings is 1. The van der Waals surface area contributed by atoms with Gasteiger partial charge >= 0.3 is 0 Å². The maximum atomic E-state index is 12.7. The number of hydrogen-bond donors (Lipinski definition) is 1. The van der Waals surface area contributed by atoms with Gasteiger partial charge < -0.3 is 5.73 Å². The van der Waals surface area contributed by atoms with Gasteiger partial charge in [-0.15, -0.1) is 0 Å². The zero-order chi connectivity index (χ0) is 9.90. The average molecular weight is 190 g/mol. The van der Waals surface area contributed by atoms with E-state index in [0.29, 0.717) is 0 Å². The lowest BCUT2D eigenvalue weighted by atomic mass is 10.1. The molecule has 0 saturated carbocycles. The fraction of sp³-hybridized carbons (Fsp3) is 0.375. The van der Waals surface area contributed by atoms with Crippen LogP contribution in [0.1, 0.15) is 5.69 Å². The highest BCUT2D eigenvalue weighted by atomic mass is 19.3. The van der Waals surface area contributed by atoms with E-state index in [4.69, 9.17) is 5.73 Å². The summed E-state index contributed by atoms with van der Waals surface area (Å²) < 4.78 is 37.7. The van der Waals surface area contributed by atoms with E-state index in [2.05, 4.69) is 4.98 Å². The zero-order valence-corrected chi connectivity index (χ0v) is 6.80. The number of alkyl halides is 2. The van der Waals surface area contributed by atoms with Crippen LogP contribution in [0.3, 0.4) is 0 Å². The fourth-order valence-electron chi connectivity index (χ4n) is 0.848. The van der Waals surface area contributed by atoms with Crippen LogP contribution in [0.2, 0.25) is 0 Å². The largest absolute Gasteiger partial charge is 0.325 e. The molecule has 72 valence electrons. The van der Waals surface area contributed by atoms with Crippen molar-refractivity contribution in [2.45, 2.75) is 12.3 Å². The Morgan fingerprint density at radius 1 is 1.38 bits per heavy atom. The summed E-state index contributed by atoms with van der Waals surface area (Å²) in [6.07, 6.45) is 0.353. The molecule has 0 saturated heterocycles. The maximum absolute atomic E-state index is 12.7. The van der Waals surface area contributed by atoms with Crippen LogP contribution in [-0.4, -0.2) is 17.5 Å². The number of aromatic nitrogens is 1. The van der Waals surface area contributed by atoms with Crippen molar-refractivity contribution in [2.24, 2.45) is 5.73 Å². The highest BCUT2D eigenvalue weighted by molar-refractivity contribution is 5.07. The lowest BCUT2D eigenvalue weighted by Crippen LogP contribution is -2.30. The second-order valence-electron chi connectivity index (χ2n) is 2.70. The third-order valence-corrected chi connectivity index (χ3v) is 1.53. The van der Waals surface area contributed by atoms with Crippen molar-refractivity contribution >= 4 is 0 Å². The highest BCUT2D eigenvalue weighted by Crippen LogP contribution is 2.16. The van der Waals surface area contributed by atoms with Gasteiger partial charge in [-0.05, 0) is 12.1 Å². The normalized spacial score (nSPS) is 11.7. The van der Waals surface area contributed by atoms with E-state index in [9.17, 15) is 13.2 Å². The molecule has 1 aromatic rings. The topological polar surface area (TPSA) is 38.9 Å². The van der Waals surface area contributed by atoms with Gasteiger partial charge in [0.25, 0.3) is 5.92 Å². The molecule has 0 bridgehead atoms. The predicted molar refractivity (Wildman–Crippen MR) is 41.9 cm³/mol. The first-order valence-corrected chi connectivity index (χ1v) is 3.72. The Morgan fingerprint density at radius 3 is 2.54 bits per heavy atom. The number of nitrogens with two attached hydrogens (primary N) is 1. The van der Waals surface area contributed by atoms with E-state index in [1.54, 1.807) is 0 Å². The van der Waals surface area contributed by atoms with Gasteiger partial charge in [-0.25, -0.2) is 13.2 Å². The zero-order valence-electron chi connectivity index (χ0n) is 6.80. The molecule has 0 atom stereocenters. The smallest absolute Gasteiger partial charge is 0.265 e. The van der Waals surface area contributed by atoms with Crippen molar-refractivity contribution in [3.05, 3.63) is 29.8 Å². The summed E-state index contributed by atoms with van der Waals surface area (Å²) in [5.41, 5.74) is 4.97. The molecule has 0 aromatic carbocycles. The molecular formula is C8H9F3N2. The van der Waals surface area contributed by atoms with Crippen molar-refractivity contribution < 1.29 is 13.2 Å². The SMILES string of the molecule is NCC(F)(F)Cc1ccc(F)cn1. The average Bonchev–Trinajstić information content (AvgIpc) is 2.09. The quantitative estimate of drug-likeness (QED) is 0.781. The van der Waals surface area contributed by atoms with Crippen LogP contribution in [-0.2, 0) is 6.42 Å². The molecule has 1 aromatic heterocycles. The van der Waals surface area contributed by atoms with E-state index in [-0.39, 0.29) is 5.69 Å². The molecule has 2 nitrogen and oxygen atoms in total. The Labute approximate surface area is 73.6 Å². The fourth-order valence-corrected chi connectivity index (χ4v) is 0.848. The minimum atomic E-state index is -2.97. The Bertz CT molecular complexity index is 271. The van der Waals surface area contributed by atoms with Gasteiger partial charge in [0.05, 0.1) is 19.2 Å². The van der Waals surface area contributed by atoms with Crippen LogP contribution >= 0.6 is 0 Å². The molecule has 0 spiro atoms. The van der Waals surface area contributed by atoms with Crippen LogP contribution in [0.25, 0.3) is 0 Å². The molecule has 0 amide bonds. The molecular weight excluding hydrogens is 181 g/mol. The third-order valence-electron chi connectivity index (χ3n) is 1.53. The van der Waals surface area contributed by atoms with Crippen molar-refractivity contribution in [3.63, 3.8) is 0 Å². The number of nitrogens with zero attached hydrogens (tertiary/aromatic N) is 1. The second kappa shape index (κ2) is 3.74. The summed E-state index contributed by atoms with van der Waals surface area (Å²) in [7, 11) is 0. The lowest BCUT2D eigenvalue weighted by molar-refractivity contribution is 0.0105. The van der Waals surface area contributed by atoms with Gasteiger partial charge in [-0.3, -0.25) is 4.98 Å². The summed E-state index contributed by atoms with van der Waals surface area (Å²) in [4.78, 5) is 3.50. The Morgan fingerprint density at radius 2 is 2.08 bits per heavy atom. The summed E-state index contributed by atoms with van der Waals surface area (Å²) in [6.45, 7) is -0.730. The molecule has 0 unspecified atom stereocenters. The molecule has 1 heterocycles. The Hall–Kier alpha value is -1.10. The molecule has 5 heteroatoms. The summed E-state index contributed by atoms with van der Waals surface area (Å²) in [5.74, 6) is -3.51. The van der Waals surface area contributed by atoms with Crippen LogP contribution in [0.4, 0.5) is 13.2 Å². The van der Waals surface area contributed by atoms with Gasteiger partial charge in [0.2, 0.25) is 0 Å². The van der Waals surface area contributed by atoms with Crippen LogP contribution in [0, 0.1) is 5.82 Å². The molecule has 13 heavy (non-hydrogen) atoms. The monoisotopic (exact) mass is 190 g/mol. The summed E-state index contributed by atoms with van der Waals surface area (Å²) in [5, 5.41) is 0. The van der Waals surface area contributed by atoms with Crippen molar-refractivity contribution in [3.8, 4) is 0 Å². The third kappa shape index (κ3) is 3.02. The predicted octanol–water partition coefficient (Wildman–Crippen LogP) is 1.36. The first-order chi connectivity index (χ1) is 6.03. The van der Waals surface area contributed by atoms with Crippen molar-refractivity contribution in [1.82, 2.24) is 4.98 Å². The molecule has 0 aliphatic rings. The molecule has 0 fully saturated rings. The van der Waals surface area contributed by atoms with Crippen LogP contribution in [0.15, 0.2) is 18.3 Å². The molecule has 0 aliphatic heterocycles. The van der Waals surface area contributed by atoms with E-state index in [1.165, 1.54) is 6.07 Å². The summed E-state index contributed by atoms with van der Waals surface area (Å²) >= 11 is 0. The van der Waals surface area contributed by atoms with Crippen molar-refractivity contribution in [2.75, 3.05) is 6.54 Å². The standard InChI is InChI=1S/C8H9F3N2/c9-6-1-2-7(13-4-6)3-8(10,11)5-12/h1-2,4H,3,5,12H2. The maximum Gasteiger partial charge on any atom is 0.265 e. The minimum Gasteiger partial charge on any atom is -0.325 e. The lowest BCUT2D eigenvalue weighted by Gasteiger charge is -2.12. The van der Waals surface area contributed by atoms with E-state index >= 15 is 0 Å². The van der Waals surface area contributed by atoms with Gasteiger partial charge in [-0.2, -0.15) is 0 Å².